The second-order valence-corrected chi connectivity index (χ2v) is 8.43. The molecular weight excluding hydrogens is 398 g/mol. The molecule has 1 saturated carbocycles. The second kappa shape index (κ2) is 16.5. The Hall–Kier alpha value is -1.32. The first-order valence-corrected chi connectivity index (χ1v) is 11.4. The Balaban J connectivity index is 1.86. The van der Waals surface area contributed by atoms with Crippen LogP contribution in [0.25, 0.3) is 0 Å². The summed E-state index contributed by atoms with van der Waals surface area (Å²) in [5.41, 5.74) is 0. The van der Waals surface area contributed by atoms with Crippen molar-refractivity contribution in [3.05, 3.63) is 0 Å². The van der Waals surface area contributed by atoms with Gasteiger partial charge in [-0.1, -0.05) is 6.92 Å². The maximum Gasteiger partial charge on any atom is 0.407 e. The molecule has 0 spiro atoms. The predicted octanol–water partition coefficient (Wildman–Crippen LogP) is 2.72. The maximum absolute atomic E-state index is 11.8. The average molecular weight is 434 g/mol. The molecule has 1 aliphatic carbocycles. The van der Waals surface area contributed by atoms with E-state index in [2.05, 4.69) is 12.2 Å². The normalized spacial score (nSPS) is 18.8. The smallest absolute Gasteiger partial charge is 0.407 e. The summed E-state index contributed by atoms with van der Waals surface area (Å²) in [6, 6.07) is 0.210. The number of amides is 1. The molecule has 0 radical (unpaired) electrons. The van der Waals surface area contributed by atoms with Crippen LogP contribution in [0.3, 0.4) is 0 Å². The summed E-state index contributed by atoms with van der Waals surface area (Å²) in [6.07, 6.45) is 4.22. The summed E-state index contributed by atoms with van der Waals surface area (Å²) in [5, 5.41) is 3.65. The third-order valence-corrected chi connectivity index (χ3v) is 5.68. The molecule has 0 unspecified atom stereocenters. The van der Waals surface area contributed by atoms with Gasteiger partial charge in [0.25, 0.3) is 0 Å². The highest BCUT2D eigenvalue weighted by Gasteiger charge is 2.22. The van der Waals surface area contributed by atoms with Gasteiger partial charge in [0.1, 0.15) is 19.0 Å². The fourth-order valence-corrected chi connectivity index (χ4v) is 3.97. The molecule has 1 N–H and O–H groups in total. The molecule has 8 nitrogen and oxygen atoms in total. The molecule has 0 aromatic heterocycles. The molecule has 0 atom stereocenters. The zero-order chi connectivity index (χ0) is 21.3. The van der Waals surface area contributed by atoms with Crippen molar-refractivity contribution < 1.29 is 33.3 Å². The summed E-state index contributed by atoms with van der Waals surface area (Å²) >= 11 is 2.00. The highest BCUT2D eigenvalue weighted by molar-refractivity contribution is 7.99. The van der Waals surface area contributed by atoms with Crippen molar-refractivity contribution in [3.63, 3.8) is 0 Å². The molecule has 1 aliphatic rings. The summed E-state index contributed by atoms with van der Waals surface area (Å²) in [6.45, 7) is 5.26. The van der Waals surface area contributed by atoms with Crippen LogP contribution in [0.5, 0.6) is 0 Å². The van der Waals surface area contributed by atoms with Crippen molar-refractivity contribution in [3.8, 4) is 0 Å². The molecular formula is C20H35NO7S. The minimum Gasteiger partial charge on any atom is -0.463 e. The van der Waals surface area contributed by atoms with Crippen LogP contribution < -0.4 is 5.32 Å². The largest absolute Gasteiger partial charge is 0.463 e. The van der Waals surface area contributed by atoms with Gasteiger partial charge in [-0.15, -0.1) is 0 Å². The van der Waals surface area contributed by atoms with E-state index in [0.29, 0.717) is 19.8 Å². The van der Waals surface area contributed by atoms with E-state index in [1.54, 1.807) is 0 Å². The van der Waals surface area contributed by atoms with Gasteiger partial charge in [-0.25, -0.2) is 4.79 Å². The van der Waals surface area contributed by atoms with E-state index in [9.17, 15) is 14.4 Å². The molecule has 168 valence electrons. The van der Waals surface area contributed by atoms with Crippen LogP contribution in [-0.4, -0.2) is 74.5 Å². The van der Waals surface area contributed by atoms with Gasteiger partial charge in [-0.3, -0.25) is 4.79 Å². The first kappa shape index (κ1) is 25.7. The lowest BCUT2D eigenvalue weighted by molar-refractivity contribution is -0.146. The fraction of sp³-hybridized carbons (Fsp3) is 0.850. The first-order chi connectivity index (χ1) is 14.0. The van der Waals surface area contributed by atoms with Crippen molar-refractivity contribution in [2.75, 3.05) is 45.4 Å². The monoisotopic (exact) mass is 433 g/mol. The van der Waals surface area contributed by atoms with Gasteiger partial charge in [0.2, 0.25) is 0 Å². The van der Waals surface area contributed by atoms with Crippen LogP contribution in [0.2, 0.25) is 0 Å². The predicted molar refractivity (Wildman–Crippen MR) is 111 cm³/mol. The number of ether oxygens (including phenoxy) is 4. The topological polar surface area (TPSA) is 100 Å². The quantitative estimate of drug-likeness (QED) is 0.311. The van der Waals surface area contributed by atoms with Crippen molar-refractivity contribution in [1.29, 1.82) is 0 Å². The Morgan fingerprint density at radius 2 is 1.45 bits per heavy atom. The molecule has 9 heteroatoms. The molecule has 1 fully saturated rings. The number of thioether (sulfide) groups is 1. The summed E-state index contributed by atoms with van der Waals surface area (Å²) in [5.74, 6) is 0.708. The summed E-state index contributed by atoms with van der Waals surface area (Å²) in [4.78, 5) is 33.8. The van der Waals surface area contributed by atoms with E-state index in [4.69, 9.17) is 18.9 Å². The van der Waals surface area contributed by atoms with Crippen molar-refractivity contribution in [1.82, 2.24) is 5.32 Å². The standard InChI is InChI=1S/C20H35NO7S/c1-3-29-18-7-5-17(6-8-18)21-20(24)28-15-13-26-11-10-25-12-14-27-19(23)9-4-16(2)22/h17-18H,3-15H2,1-2H3,(H,21,24). The number of hydrogen-bond acceptors (Lipinski definition) is 8. The van der Waals surface area contributed by atoms with Crippen LogP contribution in [0.15, 0.2) is 0 Å². The van der Waals surface area contributed by atoms with Gasteiger partial charge in [0.15, 0.2) is 0 Å². The van der Waals surface area contributed by atoms with Gasteiger partial charge < -0.3 is 29.1 Å². The number of alkyl carbamates (subject to hydrolysis) is 1. The van der Waals surface area contributed by atoms with Crippen molar-refractivity contribution in [2.45, 2.75) is 63.7 Å². The van der Waals surface area contributed by atoms with Crippen LogP contribution in [0.4, 0.5) is 4.79 Å². The third-order valence-electron chi connectivity index (χ3n) is 4.40. The lowest BCUT2D eigenvalue weighted by Crippen LogP contribution is -2.38. The number of nitrogens with one attached hydrogen (secondary N) is 1. The fourth-order valence-electron chi connectivity index (χ4n) is 2.90. The number of ketones is 1. The number of Topliss-reactive ketones (excluding diaryl/α,β-unsaturated/α-hetero) is 1. The molecule has 0 aromatic carbocycles. The van der Waals surface area contributed by atoms with Crippen LogP contribution in [0.1, 0.15) is 52.4 Å². The summed E-state index contributed by atoms with van der Waals surface area (Å²) < 4.78 is 20.7. The maximum atomic E-state index is 11.8. The van der Waals surface area contributed by atoms with E-state index in [1.165, 1.54) is 6.92 Å². The second-order valence-electron chi connectivity index (χ2n) is 6.86. The molecule has 29 heavy (non-hydrogen) atoms. The third kappa shape index (κ3) is 14.3. The molecule has 0 bridgehead atoms. The highest BCUT2D eigenvalue weighted by atomic mass is 32.2. The van der Waals surface area contributed by atoms with E-state index < -0.39 is 5.97 Å². The van der Waals surface area contributed by atoms with Crippen LogP contribution in [0, 0.1) is 0 Å². The lowest BCUT2D eigenvalue weighted by atomic mass is 9.95. The van der Waals surface area contributed by atoms with E-state index in [1.807, 2.05) is 11.8 Å². The minimum absolute atomic E-state index is 0.0365. The lowest BCUT2D eigenvalue weighted by Gasteiger charge is -2.28. The Labute approximate surface area is 177 Å². The van der Waals surface area contributed by atoms with Crippen LogP contribution in [-0.2, 0) is 28.5 Å². The Morgan fingerprint density at radius 1 is 0.862 bits per heavy atom. The molecule has 1 amide bonds. The Kier molecular flexibility index (Phi) is 14.6. The Morgan fingerprint density at radius 3 is 2.03 bits per heavy atom. The average Bonchev–Trinajstić information content (AvgIpc) is 2.69. The molecule has 0 heterocycles. The molecule has 0 saturated heterocycles. The number of esters is 1. The van der Waals surface area contributed by atoms with Crippen molar-refractivity contribution >= 4 is 29.6 Å². The molecule has 0 aromatic rings. The van der Waals surface area contributed by atoms with E-state index in [0.717, 1.165) is 36.7 Å². The number of carbonyl (C=O) groups is 3. The number of rotatable bonds is 15. The molecule has 1 rings (SSSR count). The number of carbonyl (C=O) groups excluding carboxylic acids is 3. The SMILES string of the molecule is CCSC1CCC(NC(=O)OCCOCCOCCOC(=O)CCC(C)=O)CC1. The van der Waals surface area contributed by atoms with Gasteiger partial charge in [-0.2, -0.15) is 11.8 Å². The first-order valence-electron chi connectivity index (χ1n) is 10.4. The molecule has 0 aliphatic heterocycles. The zero-order valence-electron chi connectivity index (χ0n) is 17.6. The Bertz CT molecular complexity index is 481. The number of hydrogen-bond donors (Lipinski definition) is 1. The summed E-state index contributed by atoms with van der Waals surface area (Å²) in [7, 11) is 0. The van der Waals surface area contributed by atoms with Crippen molar-refractivity contribution in [2.24, 2.45) is 0 Å². The van der Waals surface area contributed by atoms with E-state index in [-0.39, 0.29) is 50.6 Å². The van der Waals surface area contributed by atoms with Crippen LogP contribution >= 0.6 is 11.8 Å². The van der Waals surface area contributed by atoms with Gasteiger partial charge in [-0.05, 0) is 38.4 Å². The van der Waals surface area contributed by atoms with Gasteiger partial charge >= 0.3 is 12.1 Å². The van der Waals surface area contributed by atoms with E-state index >= 15 is 0 Å². The minimum atomic E-state index is -0.400. The zero-order valence-corrected chi connectivity index (χ0v) is 18.4. The van der Waals surface area contributed by atoms with Gasteiger partial charge in [0, 0.05) is 17.7 Å². The highest BCUT2D eigenvalue weighted by Crippen LogP contribution is 2.28. The van der Waals surface area contributed by atoms with Gasteiger partial charge in [0.05, 0.1) is 32.8 Å².